The Balaban J connectivity index is 2.04. The lowest BCUT2D eigenvalue weighted by Crippen LogP contribution is -2.14. The van der Waals surface area contributed by atoms with Gasteiger partial charge in [0.25, 0.3) is 5.91 Å². The third-order valence-corrected chi connectivity index (χ3v) is 3.50. The summed E-state index contributed by atoms with van der Waals surface area (Å²) < 4.78 is 0. The van der Waals surface area contributed by atoms with Crippen molar-refractivity contribution < 1.29 is 14.7 Å². The van der Waals surface area contributed by atoms with Crippen molar-refractivity contribution >= 4 is 23.3 Å². The average molecular weight is 335 g/mol. The molecule has 0 aliphatic rings. The number of carbonyl (C=O) groups is 2. The van der Waals surface area contributed by atoms with Crippen LogP contribution in [0.5, 0.6) is 0 Å². The highest BCUT2D eigenvalue weighted by Crippen LogP contribution is 2.13. The highest BCUT2D eigenvalue weighted by atomic mass is 16.4. The topological polar surface area (TPSA) is 102 Å². The predicted molar refractivity (Wildman–Crippen MR) is 95.2 cm³/mol. The Morgan fingerprint density at radius 1 is 1.08 bits per heavy atom. The predicted octanol–water partition coefficient (Wildman–Crippen LogP) is 3.41. The summed E-state index contributed by atoms with van der Waals surface area (Å²) in [5.74, 6) is -1.63. The lowest BCUT2D eigenvalue weighted by atomic mass is 10.1. The molecule has 2 aromatic rings. The van der Waals surface area contributed by atoms with Gasteiger partial charge in [-0.3, -0.25) is 4.79 Å². The molecule has 0 aliphatic carbocycles. The van der Waals surface area contributed by atoms with Crippen molar-refractivity contribution in [1.29, 1.82) is 5.26 Å². The minimum Gasteiger partial charge on any atom is -0.478 e. The Hall–Kier alpha value is -3.59. The van der Waals surface area contributed by atoms with E-state index in [1.165, 1.54) is 36.0 Å². The van der Waals surface area contributed by atoms with Crippen LogP contribution < -0.4 is 10.6 Å². The molecule has 2 aromatic carbocycles. The minimum atomic E-state index is -1.05. The van der Waals surface area contributed by atoms with Crippen molar-refractivity contribution in [3.05, 3.63) is 71.4 Å². The smallest absolute Gasteiger partial charge is 0.335 e. The summed E-state index contributed by atoms with van der Waals surface area (Å²) in [5, 5.41) is 23.5. The summed E-state index contributed by atoms with van der Waals surface area (Å²) in [6.07, 6.45) is 2.27. The molecule has 0 atom stereocenters. The Morgan fingerprint density at radius 2 is 1.68 bits per heavy atom. The van der Waals surface area contributed by atoms with Crippen LogP contribution in [0.15, 0.2) is 60.3 Å². The highest BCUT2D eigenvalue weighted by Gasteiger charge is 2.10. The first kappa shape index (κ1) is 17.8. The van der Waals surface area contributed by atoms with E-state index in [0.29, 0.717) is 5.69 Å². The first-order valence-corrected chi connectivity index (χ1v) is 7.64. The largest absolute Gasteiger partial charge is 0.478 e. The van der Waals surface area contributed by atoms with Gasteiger partial charge in [-0.15, -0.1) is 0 Å². The molecular formula is C19H17N3O3. The number of nitrogens with zero attached hydrogens (tertiary/aromatic N) is 1. The van der Waals surface area contributed by atoms with Crippen LogP contribution in [-0.2, 0) is 11.2 Å². The van der Waals surface area contributed by atoms with Gasteiger partial charge in [0.1, 0.15) is 11.6 Å². The van der Waals surface area contributed by atoms with Gasteiger partial charge in [-0.2, -0.15) is 5.26 Å². The van der Waals surface area contributed by atoms with Crippen LogP contribution in [0.4, 0.5) is 11.4 Å². The molecule has 0 bridgehead atoms. The average Bonchev–Trinajstić information content (AvgIpc) is 2.63. The van der Waals surface area contributed by atoms with E-state index in [4.69, 9.17) is 10.4 Å². The maximum atomic E-state index is 12.1. The Bertz CT molecular complexity index is 832. The highest BCUT2D eigenvalue weighted by molar-refractivity contribution is 6.06. The monoisotopic (exact) mass is 335 g/mol. The first-order valence-electron chi connectivity index (χ1n) is 7.64. The molecule has 1 amide bonds. The number of amides is 1. The summed E-state index contributed by atoms with van der Waals surface area (Å²) in [7, 11) is 0. The fourth-order valence-corrected chi connectivity index (χ4v) is 2.04. The zero-order valence-corrected chi connectivity index (χ0v) is 13.6. The summed E-state index contributed by atoms with van der Waals surface area (Å²) in [6, 6.07) is 15.2. The molecule has 0 heterocycles. The third-order valence-electron chi connectivity index (χ3n) is 3.50. The summed E-state index contributed by atoms with van der Waals surface area (Å²) in [4.78, 5) is 22.9. The van der Waals surface area contributed by atoms with Gasteiger partial charge < -0.3 is 15.7 Å². The third kappa shape index (κ3) is 4.94. The lowest BCUT2D eigenvalue weighted by Gasteiger charge is -2.06. The van der Waals surface area contributed by atoms with E-state index in [1.54, 1.807) is 0 Å². The number of anilines is 2. The quantitative estimate of drug-likeness (QED) is 0.554. The molecule has 126 valence electrons. The molecule has 3 N–H and O–H groups in total. The van der Waals surface area contributed by atoms with Crippen molar-refractivity contribution in [3.8, 4) is 6.07 Å². The number of nitriles is 1. The van der Waals surface area contributed by atoms with Crippen LogP contribution in [0.25, 0.3) is 0 Å². The van der Waals surface area contributed by atoms with Gasteiger partial charge in [-0.05, 0) is 48.4 Å². The minimum absolute atomic E-state index is 0.0955. The molecule has 0 aliphatic heterocycles. The van der Waals surface area contributed by atoms with Crippen LogP contribution in [0.2, 0.25) is 0 Å². The number of rotatable bonds is 6. The van der Waals surface area contributed by atoms with Crippen LogP contribution in [-0.4, -0.2) is 17.0 Å². The maximum absolute atomic E-state index is 12.1. The van der Waals surface area contributed by atoms with Gasteiger partial charge >= 0.3 is 5.97 Å². The van der Waals surface area contributed by atoms with E-state index >= 15 is 0 Å². The number of aromatic carboxylic acids is 1. The van der Waals surface area contributed by atoms with Crippen LogP contribution in [0.3, 0.4) is 0 Å². The van der Waals surface area contributed by atoms with Gasteiger partial charge in [0.05, 0.1) is 5.56 Å². The number of carboxylic acid groups (broad SMARTS) is 1. The second kappa shape index (κ2) is 8.31. The Morgan fingerprint density at radius 3 is 2.20 bits per heavy atom. The van der Waals surface area contributed by atoms with Crippen molar-refractivity contribution in [2.24, 2.45) is 0 Å². The number of nitrogens with one attached hydrogen (secondary N) is 2. The number of carboxylic acids is 1. The number of carbonyl (C=O) groups excluding carboxylic acids is 1. The van der Waals surface area contributed by atoms with Crippen molar-refractivity contribution in [3.63, 3.8) is 0 Å². The second-order valence-electron chi connectivity index (χ2n) is 5.20. The van der Waals surface area contributed by atoms with E-state index in [9.17, 15) is 9.59 Å². The second-order valence-corrected chi connectivity index (χ2v) is 5.20. The van der Waals surface area contributed by atoms with E-state index in [0.717, 1.165) is 12.1 Å². The van der Waals surface area contributed by atoms with Crippen molar-refractivity contribution in [2.75, 3.05) is 10.6 Å². The zero-order chi connectivity index (χ0) is 18.2. The maximum Gasteiger partial charge on any atom is 0.335 e. The van der Waals surface area contributed by atoms with Gasteiger partial charge in [0.15, 0.2) is 0 Å². The summed E-state index contributed by atoms with van der Waals surface area (Å²) in [5.41, 5.74) is 2.39. The standard InChI is InChI=1S/C19H17N3O3/c1-2-13-3-7-16(8-4-13)21-12-15(11-20)18(23)22-17-9-5-14(6-10-17)19(24)25/h3-10,12,21H,2H2,1H3,(H,22,23)(H,24,25)/b15-12-. The number of hydrogen-bond donors (Lipinski definition) is 3. The first-order chi connectivity index (χ1) is 12.0. The molecule has 0 unspecified atom stereocenters. The number of aryl methyl sites for hydroxylation is 1. The number of hydrogen-bond acceptors (Lipinski definition) is 4. The molecule has 0 fully saturated rings. The Kier molecular flexibility index (Phi) is 5.91. The normalized spacial score (nSPS) is 10.6. The van der Waals surface area contributed by atoms with E-state index in [2.05, 4.69) is 17.6 Å². The fourth-order valence-electron chi connectivity index (χ4n) is 2.04. The number of benzene rings is 2. The van der Waals surface area contributed by atoms with E-state index in [-0.39, 0.29) is 11.1 Å². The summed E-state index contributed by atoms with van der Waals surface area (Å²) >= 11 is 0. The SMILES string of the molecule is CCc1ccc(N/C=C(/C#N)C(=O)Nc2ccc(C(=O)O)cc2)cc1. The van der Waals surface area contributed by atoms with Crippen LogP contribution >= 0.6 is 0 Å². The molecule has 0 saturated carbocycles. The molecule has 0 saturated heterocycles. The molecule has 0 radical (unpaired) electrons. The molecule has 25 heavy (non-hydrogen) atoms. The van der Waals surface area contributed by atoms with Gasteiger partial charge in [0, 0.05) is 17.6 Å². The molecule has 2 rings (SSSR count). The van der Waals surface area contributed by atoms with E-state index < -0.39 is 11.9 Å². The van der Waals surface area contributed by atoms with Crippen molar-refractivity contribution in [2.45, 2.75) is 13.3 Å². The van der Waals surface area contributed by atoms with Crippen LogP contribution in [0.1, 0.15) is 22.8 Å². The van der Waals surface area contributed by atoms with E-state index in [1.807, 2.05) is 30.3 Å². The van der Waals surface area contributed by atoms with Crippen molar-refractivity contribution in [1.82, 2.24) is 0 Å². The lowest BCUT2D eigenvalue weighted by molar-refractivity contribution is -0.112. The van der Waals surface area contributed by atoms with Gasteiger partial charge in [0.2, 0.25) is 0 Å². The van der Waals surface area contributed by atoms with Gasteiger partial charge in [-0.25, -0.2) is 4.79 Å². The molecule has 0 spiro atoms. The molecule has 6 nitrogen and oxygen atoms in total. The molecule has 6 heteroatoms. The molecule has 0 aromatic heterocycles. The van der Waals surface area contributed by atoms with Gasteiger partial charge in [-0.1, -0.05) is 19.1 Å². The molecular weight excluding hydrogens is 318 g/mol. The Labute approximate surface area is 145 Å². The summed E-state index contributed by atoms with van der Waals surface area (Å²) in [6.45, 7) is 2.06. The fraction of sp³-hybridized carbons (Fsp3) is 0.105. The zero-order valence-electron chi connectivity index (χ0n) is 13.6. The van der Waals surface area contributed by atoms with Crippen LogP contribution in [0, 0.1) is 11.3 Å².